The Labute approximate surface area is 151 Å². The lowest BCUT2D eigenvalue weighted by Crippen LogP contribution is -2.37. The summed E-state index contributed by atoms with van der Waals surface area (Å²) in [5.41, 5.74) is 0.915. The molecule has 2 N–H and O–H groups in total. The maximum absolute atomic E-state index is 10.8. The van der Waals surface area contributed by atoms with Gasteiger partial charge in [-0.05, 0) is 25.0 Å². The van der Waals surface area contributed by atoms with E-state index in [0.717, 1.165) is 24.5 Å². The van der Waals surface area contributed by atoms with Crippen molar-refractivity contribution in [2.75, 3.05) is 18.0 Å². The van der Waals surface area contributed by atoms with Crippen LogP contribution in [-0.4, -0.2) is 61.4 Å². The van der Waals surface area contributed by atoms with Crippen molar-refractivity contribution in [1.82, 2.24) is 20.0 Å². The van der Waals surface area contributed by atoms with Crippen molar-refractivity contribution in [3.63, 3.8) is 0 Å². The van der Waals surface area contributed by atoms with Gasteiger partial charge in [0.25, 0.3) is 0 Å². The molecular formula is C15H16F3N5O4. The molecule has 0 spiro atoms. The van der Waals surface area contributed by atoms with Crippen LogP contribution in [-0.2, 0) is 4.79 Å². The summed E-state index contributed by atoms with van der Waals surface area (Å²) >= 11 is 0. The van der Waals surface area contributed by atoms with Crippen LogP contribution >= 0.6 is 0 Å². The second-order valence-electron chi connectivity index (χ2n) is 5.66. The summed E-state index contributed by atoms with van der Waals surface area (Å²) in [6.07, 6.45) is -0.631. The average molecular weight is 387 g/mol. The number of hydrogen-bond acceptors (Lipinski definition) is 6. The SMILES string of the molecule is CC(c1ccc(N2CCC2)nc1)n1cc(C(=O)O)nn1.O=C(O)C(F)(F)F. The minimum Gasteiger partial charge on any atom is -0.476 e. The molecule has 2 aromatic heterocycles. The molecule has 0 aromatic carbocycles. The standard InChI is InChI=1S/C13H15N5O2.C2HF3O2/c1-9(18-8-11(13(19)20)15-16-18)10-3-4-12(14-7-10)17-5-2-6-17;3-2(4,5)1(6)7/h3-4,7-9H,2,5-6H2,1H3,(H,19,20);(H,6,7). The van der Waals surface area contributed by atoms with E-state index in [9.17, 15) is 18.0 Å². The molecule has 3 heterocycles. The van der Waals surface area contributed by atoms with E-state index in [1.807, 2.05) is 19.1 Å². The van der Waals surface area contributed by atoms with Crippen LogP contribution in [0.1, 0.15) is 35.4 Å². The molecule has 1 saturated heterocycles. The molecule has 1 aliphatic heterocycles. The smallest absolute Gasteiger partial charge is 0.476 e. The van der Waals surface area contributed by atoms with Gasteiger partial charge in [-0.2, -0.15) is 13.2 Å². The predicted octanol–water partition coefficient (Wildman–Crippen LogP) is 1.82. The minimum atomic E-state index is -5.08. The number of nitrogens with zero attached hydrogens (tertiary/aromatic N) is 5. The van der Waals surface area contributed by atoms with E-state index in [0.29, 0.717) is 0 Å². The van der Waals surface area contributed by atoms with Gasteiger partial charge < -0.3 is 15.1 Å². The number of aromatic carboxylic acids is 1. The Morgan fingerprint density at radius 2 is 1.85 bits per heavy atom. The number of rotatable bonds is 4. The highest BCUT2D eigenvalue weighted by Crippen LogP contribution is 2.21. The number of carboxylic acids is 2. The third-order valence-corrected chi connectivity index (χ3v) is 3.80. The van der Waals surface area contributed by atoms with Gasteiger partial charge in [0.1, 0.15) is 5.82 Å². The van der Waals surface area contributed by atoms with Gasteiger partial charge in [0.05, 0.1) is 12.2 Å². The van der Waals surface area contributed by atoms with E-state index >= 15 is 0 Å². The largest absolute Gasteiger partial charge is 0.490 e. The summed E-state index contributed by atoms with van der Waals surface area (Å²) < 4.78 is 33.3. The van der Waals surface area contributed by atoms with E-state index in [-0.39, 0.29) is 11.7 Å². The molecule has 0 radical (unpaired) electrons. The van der Waals surface area contributed by atoms with Gasteiger partial charge in [0.2, 0.25) is 0 Å². The maximum Gasteiger partial charge on any atom is 0.490 e. The molecule has 3 rings (SSSR count). The molecule has 0 aliphatic carbocycles. The Balaban J connectivity index is 0.000000321. The first kappa shape index (κ1) is 20.1. The lowest BCUT2D eigenvalue weighted by molar-refractivity contribution is -0.192. The number of pyridine rings is 1. The molecule has 1 fully saturated rings. The molecule has 1 unspecified atom stereocenters. The number of hydrogen-bond donors (Lipinski definition) is 2. The highest BCUT2D eigenvalue weighted by atomic mass is 19.4. The van der Waals surface area contributed by atoms with Crippen molar-refractivity contribution >= 4 is 17.8 Å². The van der Waals surface area contributed by atoms with Crippen LogP contribution in [0, 0.1) is 0 Å². The Morgan fingerprint density at radius 3 is 2.22 bits per heavy atom. The van der Waals surface area contributed by atoms with Gasteiger partial charge in [-0.1, -0.05) is 11.3 Å². The van der Waals surface area contributed by atoms with Gasteiger partial charge >= 0.3 is 18.1 Å². The third-order valence-electron chi connectivity index (χ3n) is 3.80. The number of anilines is 1. The zero-order valence-corrected chi connectivity index (χ0v) is 14.1. The Hall–Kier alpha value is -3.18. The molecular weight excluding hydrogens is 371 g/mol. The first-order valence-corrected chi connectivity index (χ1v) is 7.75. The third kappa shape index (κ3) is 5.15. The van der Waals surface area contributed by atoms with Crippen molar-refractivity contribution in [2.24, 2.45) is 0 Å². The molecule has 12 heteroatoms. The van der Waals surface area contributed by atoms with Crippen LogP contribution in [0.25, 0.3) is 0 Å². The normalized spacial score (nSPS) is 14.6. The van der Waals surface area contributed by atoms with Crippen LogP contribution in [0.3, 0.4) is 0 Å². The zero-order valence-electron chi connectivity index (χ0n) is 14.1. The van der Waals surface area contributed by atoms with Crippen LogP contribution < -0.4 is 4.90 Å². The lowest BCUT2D eigenvalue weighted by atomic mass is 10.1. The van der Waals surface area contributed by atoms with Crippen molar-refractivity contribution in [3.05, 3.63) is 35.8 Å². The van der Waals surface area contributed by atoms with E-state index in [2.05, 4.69) is 20.2 Å². The molecule has 27 heavy (non-hydrogen) atoms. The van der Waals surface area contributed by atoms with E-state index < -0.39 is 18.1 Å². The molecule has 2 aromatic rings. The fraction of sp³-hybridized carbons (Fsp3) is 0.400. The van der Waals surface area contributed by atoms with Crippen LogP contribution in [0.5, 0.6) is 0 Å². The maximum atomic E-state index is 10.8. The molecule has 1 aliphatic rings. The van der Waals surface area contributed by atoms with Gasteiger partial charge in [-0.15, -0.1) is 5.10 Å². The topological polar surface area (TPSA) is 121 Å². The number of aromatic nitrogens is 4. The van der Waals surface area contributed by atoms with Crippen molar-refractivity contribution in [2.45, 2.75) is 25.6 Å². The first-order valence-electron chi connectivity index (χ1n) is 7.75. The van der Waals surface area contributed by atoms with Gasteiger partial charge in [-0.3, -0.25) is 0 Å². The van der Waals surface area contributed by atoms with Gasteiger partial charge in [0, 0.05) is 19.3 Å². The van der Waals surface area contributed by atoms with Crippen LogP contribution in [0.4, 0.5) is 19.0 Å². The molecule has 146 valence electrons. The Morgan fingerprint density at radius 1 is 1.22 bits per heavy atom. The molecule has 1 atom stereocenters. The quantitative estimate of drug-likeness (QED) is 0.815. The van der Waals surface area contributed by atoms with Gasteiger partial charge in [-0.25, -0.2) is 19.3 Å². The molecule has 0 saturated carbocycles. The summed E-state index contributed by atoms with van der Waals surface area (Å²) in [7, 11) is 0. The van der Waals surface area contributed by atoms with Crippen LogP contribution in [0.15, 0.2) is 24.5 Å². The summed E-state index contributed by atoms with van der Waals surface area (Å²) in [6, 6.07) is 3.88. The number of carboxylic acid groups (broad SMARTS) is 2. The second kappa shape index (κ2) is 8.01. The molecule has 0 bridgehead atoms. The van der Waals surface area contributed by atoms with E-state index in [4.69, 9.17) is 15.0 Å². The highest BCUT2D eigenvalue weighted by molar-refractivity contribution is 5.84. The first-order chi connectivity index (χ1) is 12.6. The van der Waals surface area contributed by atoms with Crippen molar-refractivity contribution in [3.8, 4) is 0 Å². The minimum absolute atomic E-state index is 0.0537. The van der Waals surface area contributed by atoms with Crippen molar-refractivity contribution in [1.29, 1.82) is 0 Å². The number of halogens is 3. The fourth-order valence-electron chi connectivity index (χ4n) is 2.09. The number of alkyl halides is 3. The predicted molar refractivity (Wildman–Crippen MR) is 85.6 cm³/mol. The van der Waals surface area contributed by atoms with Crippen molar-refractivity contribution < 1.29 is 33.0 Å². The Kier molecular flexibility index (Phi) is 5.98. The fourth-order valence-corrected chi connectivity index (χ4v) is 2.09. The van der Waals surface area contributed by atoms with Gasteiger partial charge in [0.15, 0.2) is 5.69 Å². The number of carbonyl (C=O) groups is 2. The monoisotopic (exact) mass is 387 g/mol. The van der Waals surface area contributed by atoms with E-state index in [1.54, 1.807) is 6.20 Å². The zero-order chi connectivity index (χ0) is 20.2. The average Bonchev–Trinajstić information content (AvgIpc) is 3.03. The highest BCUT2D eigenvalue weighted by Gasteiger charge is 2.38. The van der Waals surface area contributed by atoms with E-state index in [1.165, 1.54) is 17.3 Å². The molecule has 0 amide bonds. The summed E-state index contributed by atoms with van der Waals surface area (Å²) in [5.74, 6) is -2.85. The summed E-state index contributed by atoms with van der Waals surface area (Å²) in [6.45, 7) is 4.06. The lowest BCUT2D eigenvalue weighted by Gasteiger charge is -2.32. The number of aliphatic carboxylic acids is 1. The molecule has 9 nitrogen and oxygen atoms in total. The van der Waals surface area contributed by atoms with Crippen LogP contribution in [0.2, 0.25) is 0 Å². The Bertz CT molecular complexity index is 803. The second-order valence-corrected chi connectivity index (χ2v) is 5.66. The summed E-state index contributed by atoms with van der Waals surface area (Å²) in [5, 5.41) is 23.4. The summed E-state index contributed by atoms with van der Waals surface area (Å²) in [4.78, 5) is 26.3.